The summed E-state index contributed by atoms with van der Waals surface area (Å²) in [4.78, 5) is 4.55. The van der Waals surface area contributed by atoms with Crippen LogP contribution in [0.2, 0.25) is 0 Å². The zero-order valence-electron chi connectivity index (χ0n) is 17.0. The SMILES string of the molecule is C[C@H](Oc1cc(-c2cnn(C(C)(C)C)c2)cc2ncccc12)[C@@H]1CNCCO1. The molecule has 1 saturated heterocycles. The van der Waals surface area contributed by atoms with Crippen molar-refractivity contribution in [2.24, 2.45) is 0 Å². The monoisotopic (exact) mass is 380 g/mol. The Morgan fingerprint density at radius 1 is 1.29 bits per heavy atom. The lowest BCUT2D eigenvalue weighted by Gasteiger charge is -2.29. The number of pyridine rings is 1. The van der Waals surface area contributed by atoms with Gasteiger partial charge in [-0.05, 0) is 57.5 Å². The summed E-state index contributed by atoms with van der Waals surface area (Å²) in [5.41, 5.74) is 2.95. The Bertz CT molecular complexity index is 955. The van der Waals surface area contributed by atoms with Crippen molar-refractivity contribution in [3.05, 3.63) is 42.9 Å². The number of morpholine rings is 1. The first-order valence-electron chi connectivity index (χ1n) is 9.85. The van der Waals surface area contributed by atoms with Crippen LogP contribution in [0.25, 0.3) is 22.0 Å². The van der Waals surface area contributed by atoms with Gasteiger partial charge in [-0.15, -0.1) is 0 Å². The van der Waals surface area contributed by atoms with Crippen LogP contribution in [0.15, 0.2) is 42.9 Å². The minimum absolute atomic E-state index is 0.0350. The van der Waals surface area contributed by atoms with Gasteiger partial charge in [-0.1, -0.05) is 0 Å². The fraction of sp³-hybridized carbons (Fsp3) is 0.455. The minimum atomic E-state index is -0.0660. The predicted octanol–water partition coefficient (Wildman–Crippen LogP) is 3.61. The summed E-state index contributed by atoms with van der Waals surface area (Å²) >= 11 is 0. The van der Waals surface area contributed by atoms with Crippen LogP contribution in [0.4, 0.5) is 0 Å². The largest absolute Gasteiger partial charge is 0.487 e. The highest BCUT2D eigenvalue weighted by atomic mass is 16.5. The van der Waals surface area contributed by atoms with E-state index in [1.807, 2.05) is 29.2 Å². The molecule has 1 N–H and O–H groups in total. The van der Waals surface area contributed by atoms with Gasteiger partial charge in [0.1, 0.15) is 18.0 Å². The number of hydrogen-bond acceptors (Lipinski definition) is 5. The van der Waals surface area contributed by atoms with Crippen molar-refractivity contribution in [3.63, 3.8) is 0 Å². The van der Waals surface area contributed by atoms with Gasteiger partial charge in [0.15, 0.2) is 0 Å². The quantitative estimate of drug-likeness (QED) is 0.749. The number of nitrogens with one attached hydrogen (secondary N) is 1. The van der Waals surface area contributed by atoms with Crippen LogP contribution in [0, 0.1) is 0 Å². The summed E-state index contributed by atoms with van der Waals surface area (Å²) in [5.74, 6) is 0.825. The lowest BCUT2D eigenvalue weighted by atomic mass is 10.0. The summed E-state index contributed by atoms with van der Waals surface area (Å²) in [7, 11) is 0. The van der Waals surface area contributed by atoms with Crippen molar-refractivity contribution >= 4 is 10.9 Å². The van der Waals surface area contributed by atoms with E-state index in [1.165, 1.54) is 0 Å². The Labute approximate surface area is 165 Å². The van der Waals surface area contributed by atoms with E-state index in [0.29, 0.717) is 6.61 Å². The molecule has 28 heavy (non-hydrogen) atoms. The van der Waals surface area contributed by atoms with Crippen molar-refractivity contribution in [2.45, 2.75) is 45.4 Å². The topological polar surface area (TPSA) is 61.2 Å². The molecule has 1 aliphatic heterocycles. The van der Waals surface area contributed by atoms with Gasteiger partial charge in [0.05, 0.1) is 23.9 Å². The maximum absolute atomic E-state index is 6.37. The molecule has 0 radical (unpaired) electrons. The molecule has 2 atom stereocenters. The number of nitrogens with zero attached hydrogens (tertiary/aromatic N) is 3. The van der Waals surface area contributed by atoms with E-state index in [-0.39, 0.29) is 17.7 Å². The Morgan fingerprint density at radius 2 is 2.14 bits per heavy atom. The maximum atomic E-state index is 6.37. The van der Waals surface area contributed by atoms with Gasteiger partial charge in [0, 0.05) is 36.4 Å². The molecule has 0 amide bonds. The minimum Gasteiger partial charge on any atom is -0.487 e. The normalized spacial score (nSPS) is 18.9. The number of rotatable bonds is 4. The van der Waals surface area contributed by atoms with Crippen molar-refractivity contribution in [1.29, 1.82) is 0 Å². The van der Waals surface area contributed by atoms with E-state index in [2.05, 4.69) is 61.4 Å². The molecule has 3 aromatic rings. The highest BCUT2D eigenvalue weighted by Crippen LogP contribution is 2.33. The number of benzene rings is 1. The van der Waals surface area contributed by atoms with Crippen LogP contribution >= 0.6 is 0 Å². The lowest BCUT2D eigenvalue weighted by molar-refractivity contribution is -0.0345. The van der Waals surface area contributed by atoms with Crippen LogP contribution in [0.1, 0.15) is 27.7 Å². The smallest absolute Gasteiger partial charge is 0.129 e. The first-order chi connectivity index (χ1) is 13.4. The van der Waals surface area contributed by atoms with Gasteiger partial charge in [0.25, 0.3) is 0 Å². The molecule has 1 aliphatic rings. The summed E-state index contributed by atoms with van der Waals surface area (Å²) in [5, 5.41) is 8.90. The number of aromatic nitrogens is 3. The fourth-order valence-electron chi connectivity index (χ4n) is 3.42. The average molecular weight is 380 g/mol. The first kappa shape index (κ1) is 18.9. The van der Waals surface area contributed by atoms with E-state index in [4.69, 9.17) is 9.47 Å². The molecule has 1 aromatic carbocycles. The molecule has 0 saturated carbocycles. The standard InChI is InChI=1S/C22H28N4O2/c1-15(21-13-23-8-9-27-21)28-20-11-16(10-19-18(20)6-5-7-24-19)17-12-25-26(14-17)22(2,3)4/h5-7,10-12,14-15,21,23H,8-9,13H2,1-4H3/t15-,21-/m0/s1. The zero-order chi connectivity index (χ0) is 19.7. The molecule has 1 fully saturated rings. The zero-order valence-corrected chi connectivity index (χ0v) is 17.0. The van der Waals surface area contributed by atoms with E-state index >= 15 is 0 Å². The summed E-state index contributed by atoms with van der Waals surface area (Å²) in [6.07, 6.45) is 5.75. The number of hydrogen-bond donors (Lipinski definition) is 1. The van der Waals surface area contributed by atoms with Crippen molar-refractivity contribution in [1.82, 2.24) is 20.1 Å². The third-order valence-electron chi connectivity index (χ3n) is 5.08. The second-order valence-corrected chi connectivity index (χ2v) is 8.33. The van der Waals surface area contributed by atoms with E-state index in [1.54, 1.807) is 0 Å². The van der Waals surface area contributed by atoms with E-state index in [9.17, 15) is 0 Å². The Kier molecular flexibility index (Phi) is 5.08. The van der Waals surface area contributed by atoms with Crippen LogP contribution < -0.4 is 10.1 Å². The molecule has 3 heterocycles. The molecule has 0 aliphatic carbocycles. The summed E-state index contributed by atoms with van der Waals surface area (Å²) in [6, 6.07) is 8.17. The predicted molar refractivity (Wildman–Crippen MR) is 111 cm³/mol. The molecule has 2 aromatic heterocycles. The second kappa shape index (κ2) is 7.53. The Morgan fingerprint density at radius 3 is 2.86 bits per heavy atom. The molecular weight excluding hydrogens is 352 g/mol. The molecule has 6 nitrogen and oxygen atoms in total. The van der Waals surface area contributed by atoms with Crippen LogP contribution in [0.5, 0.6) is 5.75 Å². The number of fused-ring (bicyclic) bond motifs is 1. The first-order valence-corrected chi connectivity index (χ1v) is 9.85. The van der Waals surface area contributed by atoms with Gasteiger partial charge in [-0.2, -0.15) is 5.10 Å². The van der Waals surface area contributed by atoms with Gasteiger partial charge in [-0.3, -0.25) is 9.67 Å². The molecule has 0 spiro atoms. The maximum Gasteiger partial charge on any atom is 0.129 e. The van der Waals surface area contributed by atoms with Gasteiger partial charge in [0.2, 0.25) is 0 Å². The van der Waals surface area contributed by atoms with Crippen LogP contribution in [-0.2, 0) is 10.3 Å². The molecule has 0 bridgehead atoms. The van der Waals surface area contributed by atoms with Crippen molar-refractivity contribution in [3.8, 4) is 16.9 Å². The highest BCUT2D eigenvalue weighted by Gasteiger charge is 2.23. The molecule has 148 valence electrons. The lowest BCUT2D eigenvalue weighted by Crippen LogP contribution is -2.46. The average Bonchev–Trinajstić information content (AvgIpc) is 3.19. The van der Waals surface area contributed by atoms with Gasteiger partial charge < -0.3 is 14.8 Å². The second-order valence-electron chi connectivity index (χ2n) is 8.33. The van der Waals surface area contributed by atoms with Crippen LogP contribution in [-0.4, -0.2) is 46.7 Å². The number of ether oxygens (including phenoxy) is 2. The van der Waals surface area contributed by atoms with Crippen LogP contribution in [0.3, 0.4) is 0 Å². The van der Waals surface area contributed by atoms with E-state index < -0.39 is 0 Å². The van der Waals surface area contributed by atoms with Crippen molar-refractivity contribution < 1.29 is 9.47 Å². The van der Waals surface area contributed by atoms with Gasteiger partial charge in [-0.25, -0.2) is 0 Å². The molecule has 0 unspecified atom stereocenters. The van der Waals surface area contributed by atoms with Crippen molar-refractivity contribution in [2.75, 3.05) is 19.7 Å². The Balaban J connectivity index is 1.70. The molecule has 4 rings (SSSR count). The van der Waals surface area contributed by atoms with Gasteiger partial charge >= 0.3 is 0 Å². The summed E-state index contributed by atoms with van der Waals surface area (Å²) < 4.78 is 14.2. The highest BCUT2D eigenvalue weighted by molar-refractivity contribution is 5.89. The molecule has 6 heteroatoms. The summed E-state index contributed by atoms with van der Waals surface area (Å²) in [6.45, 7) is 10.9. The third kappa shape index (κ3) is 3.88. The Hall–Kier alpha value is -2.44. The van der Waals surface area contributed by atoms with E-state index in [0.717, 1.165) is 40.9 Å². The third-order valence-corrected chi connectivity index (χ3v) is 5.08. The fourth-order valence-corrected chi connectivity index (χ4v) is 3.42. The molecular formula is C22H28N4O2.